The largest absolute Gasteiger partial charge is 0.495 e. The maximum Gasteiger partial charge on any atom is 0.379 e. The molecule has 0 aliphatic carbocycles. The van der Waals surface area contributed by atoms with Crippen LogP contribution in [0.4, 0.5) is 0 Å². The Labute approximate surface area is 108 Å². The summed E-state index contributed by atoms with van der Waals surface area (Å²) in [5, 5.41) is 0.286. The fourth-order valence-electron chi connectivity index (χ4n) is 1.18. The van der Waals surface area contributed by atoms with Gasteiger partial charge in [0.1, 0.15) is 5.75 Å². The number of methoxy groups -OCH3 is 1. The highest BCUT2D eigenvalue weighted by atomic mass is 35.5. The van der Waals surface area contributed by atoms with E-state index in [9.17, 15) is 9.59 Å². The number of esters is 1. The number of hydrogen-bond donors (Lipinski definition) is 0. The number of benzene rings is 1. The van der Waals surface area contributed by atoms with Crippen molar-refractivity contribution in [2.45, 2.75) is 6.92 Å². The topological polar surface area (TPSA) is 52.6 Å². The van der Waals surface area contributed by atoms with Crippen molar-refractivity contribution < 1.29 is 19.1 Å². The lowest BCUT2D eigenvalue weighted by molar-refractivity contribution is -0.137. The molecule has 0 aromatic heterocycles. The summed E-state index contributed by atoms with van der Waals surface area (Å²) in [6, 6.07) is 2.75. The molecule has 0 atom stereocenters. The van der Waals surface area contributed by atoms with E-state index in [1.54, 1.807) is 6.92 Å². The minimum Gasteiger partial charge on any atom is -0.495 e. The number of rotatable bonds is 4. The van der Waals surface area contributed by atoms with Gasteiger partial charge in [-0.3, -0.25) is 4.79 Å². The van der Waals surface area contributed by atoms with Crippen LogP contribution in [0.2, 0.25) is 10.0 Å². The van der Waals surface area contributed by atoms with Crippen molar-refractivity contribution in [2.24, 2.45) is 0 Å². The van der Waals surface area contributed by atoms with Crippen LogP contribution in [0.25, 0.3) is 0 Å². The zero-order chi connectivity index (χ0) is 13.0. The molecule has 0 saturated carbocycles. The molecule has 0 aliphatic heterocycles. The number of hydrogen-bond acceptors (Lipinski definition) is 4. The van der Waals surface area contributed by atoms with Crippen LogP contribution in [0.1, 0.15) is 17.3 Å². The first-order valence-corrected chi connectivity index (χ1v) is 5.51. The zero-order valence-electron chi connectivity index (χ0n) is 9.25. The number of carbonyl (C=O) groups is 2. The first-order chi connectivity index (χ1) is 8.01. The quantitative estimate of drug-likeness (QED) is 0.482. The molecule has 1 aromatic rings. The Morgan fingerprint density at radius 1 is 1.29 bits per heavy atom. The molecule has 0 bridgehead atoms. The van der Waals surface area contributed by atoms with Crippen molar-refractivity contribution >= 4 is 35.0 Å². The predicted octanol–water partition coefficient (Wildman–Crippen LogP) is 2.75. The van der Waals surface area contributed by atoms with Gasteiger partial charge in [-0.15, -0.1) is 0 Å². The van der Waals surface area contributed by atoms with Gasteiger partial charge in [0.15, 0.2) is 0 Å². The van der Waals surface area contributed by atoms with E-state index in [0.29, 0.717) is 0 Å². The van der Waals surface area contributed by atoms with Crippen LogP contribution in [-0.2, 0) is 9.53 Å². The molecule has 0 N–H and O–H groups in total. The Balaban J connectivity index is 3.17. The number of ketones is 1. The van der Waals surface area contributed by atoms with E-state index in [4.69, 9.17) is 27.9 Å². The second-order valence-corrected chi connectivity index (χ2v) is 3.83. The molecule has 0 aliphatic rings. The molecule has 0 fully saturated rings. The SMILES string of the molecule is CCOC(=O)C(=O)c1cc(Cl)cc(OC)c1Cl. The number of carbonyl (C=O) groups excluding carboxylic acids is 2. The normalized spacial score (nSPS) is 9.88. The molecule has 4 nitrogen and oxygen atoms in total. The van der Waals surface area contributed by atoms with E-state index in [0.717, 1.165) is 0 Å². The van der Waals surface area contributed by atoms with E-state index < -0.39 is 11.8 Å². The fraction of sp³-hybridized carbons (Fsp3) is 0.273. The molecule has 0 spiro atoms. The number of Topliss-reactive ketones (excluding diaryl/α,β-unsaturated/α-hetero) is 1. The van der Waals surface area contributed by atoms with Gasteiger partial charge in [-0.25, -0.2) is 4.79 Å². The van der Waals surface area contributed by atoms with E-state index >= 15 is 0 Å². The van der Waals surface area contributed by atoms with E-state index in [2.05, 4.69) is 4.74 Å². The lowest BCUT2D eigenvalue weighted by Gasteiger charge is -2.08. The van der Waals surface area contributed by atoms with Crippen molar-refractivity contribution in [3.8, 4) is 5.75 Å². The lowest BCUT2D eigenvalue weighted by atomic mass is 10.1. The van der Waals surface area contributed by atoms with E-state index in [1.807, 2.05) is 0 Å². The summed E-state index contributed by atoms with van der Waals surface area (Å²) < 4.78 is 9.53. The molecular formula is C11H10Cl2O4. The molecule has 0 saturated heterocycles. The minimum atomic E-state index is -0.973. The third-order valence-electron chi connectivity index (χ3n) is 1.93. The van der Waals surface area contributed by atoms with Gasteiger partial charge in [-0.05, 0) is 13.0 Å². The second kappa shape index (κ2) is 5.89. The molecule has 1 rings (SSSR count). The van der Waals surface area contributed by atoms with Crippen LogP contribution >= 0.6 is 23.2 Å². The Morgan fingerprint density at radius 3 is 2.47 bits per heavy atom. The number of halogens is 2. The molecule has 0 radical (unpaired) electrons. The van der Waals surface area contributed by atoms with Crippen molar-refractivity contribution in [2.75, 3.05) is 13.7 Å². The van der Waals surface area contributed by atoms with Crippen LogP contribution in [0.5, 0.6) is 5.75 Å². The fourth-order valence-corrected chi connectivity index (χ4v) is 1.66. The molecular weight excluding hydrogens is 267 g/mol. The summed E-state index contributed by atoms with van der Waals surface area (Å²) in [6.45, 7) is 1.71. The highest BCUT2D eigenvalue weighted by Crippen LogP contribution is 2.32. The van der Waals surface area contributed by atoms with Crippen LogP contribution in [0.3, 0.4) is 0 Å². The van der Waals surface area contributed by atoms with Gasteiger partial charge in [0.25, 0.3) is 5.78 Å². The third-order valence-corrected chi connectivity index (χ3v) is 2.54. The van der Waals surface area contributed by atoms with Gasteiger partial charge in [0.05, 0.1) is 24.3 Å². The molecule has 0 amide bonds. The molecule has 0 heterocycles. The van der Waals surface area contributed by atoms with Gasteiger partial charge in [-0.2, -0.15) is 0 Å². The Kier molecular flexibility index (Phi) is 4.78. The Bertz CT molecular complexity index is 457. The molecule has 17 heavy (non-hydrogen) atoms. The van der Waals surface area contributed by atoms with Gasteiger partial charge >= 0.3 is 5.97 Å². The minimum absolute atomic E-state index is 0.0329. The van der Waals surface area contributed by atoms with Crippen LogP contribution in [0, 0.1) is 0 Å². The maximum atomic E-state index is 11.7. The maximum absolute atomic E-state index is 11.7. The average Bonchev–Trinajstić information content (AvgIpc) is 2.31. The predicted molar refractivity (Wildman–Crippen MR) is 64.0 cm³/mol. The number of ether oxygens (including phenoxy) is 2. The third kappa shape index (κ3) is 3.11. The van der Waals surface area contributed by atoms with Crippen molar-refractivity contribution in [1.29, 1.82) is 0 Å². The summed E-state index contributed by atoms with van der Waals surface area (Å²) >= 11 is 11.7. The molecule has 6 heteroatoms. The first kappa shape index (κ1) is 13.8. The molecule has 0 unspecified atom stereocenters. The molecule has 1 aromatic carbocycles. The van der Waals surface area contributed by atoms with Gasteiger partial charge in [0, 0.05) is 11.1 Å². The van der Waals surface area contributed by atoms with Crippen LogP contribution < -0.4 is 4.74 Å². The average molecular weight is 277 g/mol. The summed E-state index contributed by atoms with van der Waals surface area (Å²) in [7, 11) is 1.39. The molecule has 92 valence electrons. The van der Waals surface area contributed by atoms with Crippen molar-refractivity contribution in [3.05, 3.63) is 27.7 Å². The standard InChI is InChI=1S/C11H10Cl2O4/c1-3-17-11(15)10(14)7-4-6(12)5-8(16-2)9(7)13/h4-5H,3H2,1-2H3. The van der Waals surface area contributed by atoms with Crippen LogP contribution in [-0.4, -0.2) is 25.5 Å². The zero-order valence-corrected chi connectivity index (χ0v) is 10.8. The van der Waals surface area contributed by atoms with Crippen molar-refractivity contribution in [1.82, 2.24) is 0 Å². The smallest absolute Gasteiger partial charge is 0.379 e. The van der Waals surface area contributed by atoms with Crippen molar-refractivity contribution in [3.63, 3.8) is 0 Å². The first-order valence-electron chi connectivity index (χ1n) is 4.75. The van der Waals surface area contributed by atoms with E-state index in [-0.39, 0.29) is 28.0 Å². The Morgan fingerprint density at radius 2 is 1.94 bits per heavy atom. The van der Waals surface area contributed by atoms with Gasteiger partial charge in [-0.1, -0.05) is 23.2 Å². The lowest BCUT2D eigenvalue weighted by Crippen LogP contribution is -2.18. The highest BCUT2D eigenvalue weighted by Gasteiger charge is 2.23. The highest BCUT2D eigenvalue weighted by molar-refractivity contribution is 6.46. The summed E-state index contributed by atoms with van der Waals surface area (Å²) in [5.74, 6) is -1.59. The van der Waals surface area contributed by atoms with E-state index in [1.165, 1.54) is 19.2 Å². The van der Waals surface area contributed by atoms with Gasteiger partial charge in [0.2, 0.25) is 0 Å². The summed E-state index contributed by atoms with van der Waals surface area (Å²) in [4.78, 5) is 23.0. The van der Waals surface area contributed by atoms with Crippen LogP contribution in [0.15, 0.2) is 12.1 Å². The Hall–Kier alpha value is -1.26. The summed E-state index contributed by atoms with van der Waals surface area (Å²) in [6.07, 6.45) is 0. The summed E-state index contributed by atoms with van der Waals surface area (Å²) in [5.41, 5.74) is -0.0329. The van der Waals surface area contributed by atoms with Gasteiger partial charge < -0.3 is 9.47 Å². The monoisotopic (exact) mass is 276 g/mol. The second-order valence-electron chi connectivity index (χ2n) is 3.02.